The van der Waals surface area contributed by atoms with Crippen LogP contribution in [0.2, 0.25) is 0 Å². The van der Waals surface area contributed by atoms with Crippen LogP contribution in [0.4, 0.5) is 0 Å². The fourth-order valence-electron chi connectivity index (χ4n) is 3.94. The first-order valence-corrected chi connectivity index (χ1v) is 9.48. The van der Waals surface area contributed by atoms with Gasteiger partial charge in [-0.15, -0.1) is 0 Å². The molecule has 140 valence electrons. The van der Waals surface area contributed by atoms with Gasteiger partial charge in [0.2, 0.25) is 5.91 Å². The molecule has 2 saturated heterocycles. The number of carbonyl (C=O) groups excluding carboxylic acids is 2. The van der Waals surface area contributed by atoms with Crippen molar-refractivity contribution in [3.8, 4) is 0 Å². The van der Waals surface area contributed by atoms with Gasteiger partial charge in [-0.1, -0.05) is 42.5 Å². The molecule has 3 rings (SSSR count). The van der Waals surface area contributed by atoms with Crippen LogP contribution in [0.15, 0.2) is 36.4 Å². The number of hydrogen-bond acceptors (Lipinski definition) is 4. The number of nitrogens with zero attached hydrogens (tertiary/aromatic N) is 2. The second kappa shape index (κ2) is 8.49. The van der Waals surface area contributed by atoms with Crippen LogP contribution >= 0.6 is 0 Å². The average molecular weight is 356 g/mol. The molecule has 2 heterocycles. The van der Waals surface area contributed by atoms with Gasteiger partial charge < -0.3 is 9.64 Å². The van der Waals surface area contributed by atoms with Crippen LogP contribution in [0.25, 0.3) is 6.08 Å². The van der Waals surface area contributed by atoms with E-state index in [1.54, 1.807) is 0 Å². The molecule has 0 saturated carbocycles. The number of likely N-dealkylation sites (tertiary alicyclic amines) is 2. The molecule has 1 aromatic carbocycles. The Labute approximate surface area is 155 Å². The quantitative estimate of drug-likeness (QED) is 0.735. The lowest BCUT2D eigenvalue weighted by Gasteiger charge is -2.38. The van der Waals surface area contributed by atoms with E-state index in [1.807, 2.05) is 30.0 Å². The minimum absolute atomic E-state index is 0.0861. The van der Waals surface area contributed by atoms with Crippen LogP contribution < -0.4 is 0 Å². The Morgan fingerprint density at radius 1 is 1.23 bits per heavy atom. The summed E-state index contributed by atoms with van der Waals surface area (Å²) in [5.74, 6) is 0.0974. The molecule has 1 amide bonds. The zero-order valence-corrected chi connectivity index (χ0v) is 15.5. The first-order valence-electron chi connectivity index (χ1n) is 9.48. The summed E-state index contributed by atoms with van der Waals surface area (Å²) >= 11 is 0. The highest BCUT2D eigenvalue weighted by Crippen LogP contribution is 2.40. The summed E-state index contributed by atoms with van der Waals surface area (Å²) in [6.07, 6.45) is 6.72. The van der Waals surface area contributed by atoms with E-state index in [1.165, 1.54) is 0 Å². The van der Waals surface area contributed by atoms with Crippen molar-refractivity contribution >= 4 is 18.0 Å². The van der Waals surface area contributed by atoms with Gasteiger partial charge in [0.15, 0.2) is 0 Å². The van der Waals surface area contributed by atoms with E-state index in [-0.39, 0.29) is 17.3 Å². The van der Waals surface area contributed by atoms with Crippen molar-refractivity contribution in [1.29, 1.82) is 0 Å². The lowest BCUT2D eigenvalue weighted by atomic mass is 9.77. The van der Waals surface area contributed by atoms with Crippen LogP contribution in [0.3, 0.4) is 0 Å². The van der Waals surface area contributed by atoms with Gasteiger partial charge in [-0.2, -0.15) is 0 Å². The third-order valence-electron chi connectivity index (χ3n) is 5.42. The van der Waals surface area contributed by atoms with Crippen LogP contribution in [-0.4, -0.2) is 61.0 Å². The summed E-state index contributed by atoms with van der Waals surface area (Å²) in [7, 11) is 0. The second-order valence-electron chi connectivity index (χ2n) is 7.35. The maximum absolute atomic E-state index is 12.4. The summed E-state index contributed by atoms with van der Waals surface area (Å²) in [4.78, 5) is 28.2. The summed E-state index contributed by atoms with van der Waals surface area (Å²) in [6.45, 7) is 5.84. The van der Waals surface area contributed by atoms with Gasteiger partial charge in [-0.3, -0.25) is 14.5 Å². The Kier molecular flexibility index (Phi) is 6.09. The van der Waals surface area contributed by atoms with Crippen LogP contribution in [0.1, 0.15) is 31.7 Å². The SMILES string of the molecule is CCOC(=O)CN1CCC2(CC1)CC(=O)N(C/C=C/c1ccccc1)C2. The Bertz CT molecular complexity index is 648. The predicted molar refractivity (Wildman–Crippen MR) is 101 cm³/mol. The van der Waals surface area contributed by atoms with Crippen molar-refractivity contribution in [2.75, 3.05) is 39.3 Å². The molecule has 26 heavy (non-hydrogen) atoms. The first kappa shape index (κ1) is 18.6. The molecular formula is C21H28N2O3. The number of benzene rings is 1. The first-order chi connectivity index (χ1) is 12.6. The molecule has 0 aliphatic carbocycles. The molecular weight excluding hydrogens is 328 g/mol. The zero-order chi connectivity index (χ0) is 18.4. The van der Waals surface area contributed by atoms with E-state index >= 15 is 0 Å². The largest absolute Gasteiger partial charge is 0.465 e. The minimum atomic E-state index is -0.154. The van der Waals surface area contributed by atoms with Gasteiger partial charge >= 0.3 is 5.97 Å². The van der Waals surface area contributed by atoms with E-state index in [0.29, 0.717) is 26.1 Å². The topological polar surface area (TPSA) is 49.9 Å². The van der Waals surface area contributed by atoms with Crippen LogP contribution in [0, 0.1) is 5.41 Å². The zero-order valence-electron chi connectivity index (χ0n) is 15.5. The van der Waals surface area contributed by atoms with Gasteiger partial charge in [0.05, 0.1) is 13.2 Å². The van der Waals surface area contributed by atoms with Crippen LogP contribution in [0.5, 0.6) is 0 Å². The molecule has 0 aromatic heterocycles. The molecule has 0 N–H and O–H groups in total. The van der Waals surface area contributed by atoms with E-state index in [9.17, 15) is 9.59 Å². The maximum Gasteiger partial charge on any atom is 0.320 e. The van der Waals surface area contributed by atoms with Gasteiger partial charge in [0.25, 0.3) is 0 Å². The molecule has 0 bridgehead atoms. The highest BCUT2D eigenvalue weighted by molar-refractivity contribution is 5.80. The van der Waals surface area contributed by atoms with E-state index in [4.69, 9.17) is 4.74 Å². The molecule has 5 nitrogen and oxygen atoms in total. The summed E-state index contributed by atoms with van der Waals surface area (Å²) in [5, 5.41) is 0. The molecule has 1 spiro atoms. The summed E-state index contributed by atoms with van der Waals surface area (Å²) in [5.41, 5.74) is 1.24. The highest BCUT2D eigenvalue weighted by Gasteiger charge is 2.44. The fourth-order valence-corrected chi connectivity index (χ4v) is 3.94. The predicted octanol–water partition coefficient (Wildman–Crippen LogP) is 2.58. The van der Waals surface area contributed by atoms with Crippen molar-refractivity contribution in [3.05, 3.63) is 42.0 Å². The molecule has 2 aliphatic rings. The van der Waals surface area contributed by atoms with E-state index in [2.05, 4.69) is 29.2 Å². The number of amides is 1. The standard InChI is InChI=1S/C21H28N2O3/c1-2-26-20(25)16-22-13-10-21(11-14-22)15-19(24)23(17-21)12-6-9-18-7-4-3-5-8-18/h3-9H,2,10-17H2,1H3/b9-6+. The maximum atomic E-state index is 12.4. The van der Waals surface area contributed by atoms with Crippen molar-refractivity contribution in [2.24, 2.45) is 5.41 Å². The van der Waals surface area contributed by atoms with Crippen molar-refractivity contribution in [2.45, 2.75) is 26.2 Å². The number of esters is 1. The Balaban J connectivity index is 1.48. The number of piperidine rings is 1. The smallest absolute Gasteiger partial charge is 0.320 e. The molecule has 2 fully saturated rings. The Morgan fingerprint density at radius 2 is 1.96 bits per heavy atom. The second-order valence-corrected chi connectivity index (χ2v) is 7.35. The fraction of sp³-hybridized carbons (Fsp3) is 0.524. The summed E-state index contributed by atoms with van der Waals surface area (Å²) < 4.78 is 5.03. The van der Waals surface area contributed by atoms with Gasteiger partial charge in [0.1, 0.15) is 0 Å². The third kappa shape index (κ3) is 4.73. The molecule has 0 atom stereocenters. The Morgan fingerprint density at radius 3 is 2.65 bits per heavy atom. The number of hydrogen-bond donors (Lipinski definition) is 0. The molecule has 5 heteroatoms. The van der Waals surface area contributed by atoms with Gasteiger partial charge in [0, 0.05) is 19.5 Å². The lowest BCUT2D eigenvalue weighted by molar-refractivity contribution is -0.145. The van der Waals surface area contributed by atoms with Gasteiger partial charge in [-0.25, -0.2) is 0 Å². The van der Waals surface area contributed by atoms with Crippen LogP contribution in [-0.2, 0) is 14.3 Å². The van der Waals surface area contributed by atoms with E-state index < -0.39 is 0 Å². The number of ether oxygens (including phenoxy) is 1. The van der Waals surface area contributed by atoms with Crippen molar-refractivity contribution < 1.29 is 14.3 Å². The normalized spacial score (nSPS) is 20.2. The number of carbonyl (C=O) groups is 2. The van der Waals surface area contributed by atoms with Crippen molar-refractivity contribution in [3.63, 3.8) is 0 Å². The summed E-state index contributed by atoms with van der Waals surface area (Å²) in [6, 6.07) is 10.1. The molecule has 1 aromatic rings. The monoisotopic (exact) mass is 356 g/mol. The molecule has 2 aliphatic heterocycles. The molecule has 0 unspecified atom stereocenters. The lowest BCUT2D eigenvalue weighted by Crippen LogP contribution is -2.43. The average Bonchev–Trinajstić information content (AvgIpc) is 2.94. The molecule has 0 radical (unpaired) electrons. The van der Waals surface area contributed by atoms with Crippen molar-refractivity contribution in [1.82, 2.24) is 9.80 Å². The third-order valence-corrected chi connectivity index (χ3v) is 5.42. The Hall–Kier alpha value is -2.14. The van der Waals surface area contributed by atoms with E-state index in [0.717, 1.165) is 38.0 Å². The number of rotatable bonds is 6. The minimum Gasteiger partial charge on any atom is -0.465 e. The van der Waals surface area contributed by atoms with Gasteiger partial charge in [-0.05, 0) is 43.8 Å². The highest BCUT2D eigenvalue weighted by atomic mass is 16.5.